The predicted molar refractivity (Wildman–Crippen MR) is 128 cm³/mol. The van der Waals surface area contributed by atoms with Crippen molar-refractivity contribution in [2.75, 3.05) is 27.2 Å². The number of hydrogen-bond acceptors (Lipinski definition) is 3. The van der Waals surface area contributed by atoms with Crippen LogP contribution in [0.15, 0.2) is 71.9 Å². The standard InChI is InChI=1S/C22H27N5O.HI/c1-23-22(24-13-14-28-17-18-9-5-3-6-10-18)27(2)16-21-25-15-20(26-21)19-11-7-4-8-12-19;/h3-12,15H,13-14,16-17H2,1-2H3,(H,23,24)(H,25,26);1H. The summed E-state index contributed by atoms with van der Waals surface area (Å²) in [4.78, 5) is 14.2. The Morgan fingerprint density at radius 1 is 1.10 bits per heavy atom. The summed E-state index contributed by atoms with van der Waals surface area (Å²) >= 11 is 0. The SMILES string of the molecule is CN=C(NCCOCc1ccccc1)N(C)Cc1ncc(-c2ccccc2)[nH]1.I. The van der Waals surface area contributed by atoms with E-state index in [4.69, 9.17) is 4.74 Å². The third-order valence-corrected chi connectivity index (χ3v) is 4.31. The van der Waals surface area contributed by atoms with E-state index in [1.807, 2.05) is 54.5 Å². The van der Waals surface area contributed by atoms with Gasteiger partial charge in [0.15, 0.2) is 5.96 Å². The highest BCUT2D eigenvalue weighted by atomic mass is 127. The van der Waals surface area contributed by atoms with Gasteiger partial charge in [-0.25, -0.2) is 4.98 Å². The highest BCUT2D eigenvalue weighted by Gasteiger charge is 2.09. The van der Waals surface area contributed by atoms with Gasteiger partial charge in [0, 0.05) is 20.6 Å². The van der Waals surface area contributed by atoms with Crippen LogP contribution < -0.4 is 5.32 Å². The van der Waals surface area contributed by atoms with E-state index >= 15 is 0 Å². The molecule has 0 fully saturated rings. The van der Waals surface area contributed by atoms with Gasteiger partial charge in [0.05, 0.1) is 31.6 Å². The first-order chi connectivity index (χ1) is 13.8. The number of aromatic nitrogens is 2. The molecule has 2 N–H and O–H groups in total. The van der Waals surface area contributed by atoms with Crippen molar-refractivity contribution >= 4 is 29.9 Å². The van der Waals surface area contributed by atoms with Crippen LogP contribution in [-0.2, 0) is 17.9 Å². The van der Waals surface area contributed by atoms with Crippen LogP contribution in [0.2, 0.25) is 0 Å². The van der Waals surface area contributed by atoms with Crippen LogP contribution in [0, 0.1) is 0 Å². The van der Waals surface area contributed by atoms with Crippen molar-refractivity contribution in [1.82, 2.24) is 20.2 Å². The molecule has 2 aromatic carbocycles. The summed E-state index contributed by atoms with van der Waals surface area (Å²) in [6.45, 7) is 2.56. The maximum atomic E-state index is 5.71. The Morgan fingerprint density at radius 3 is 2.48 bits per heavy atom. The van der Waals surface area contributed by atoms with Crippen molar-refractivity contribution in [3.05, 3.63) is 78.2 Å². The Bertz CT molecular complexity index is 867. The molecule has 0 saturated carbocycles. The van der Waals surface area contributed by atoms with Crippen molar-refractivity contribution in [2.24, 2.45) is 4.99 Å². The smallest absolute Gasteiger partial charge is 0.193 e. The van der Waals surface area contributed by atoms with Crippen molar-refractivity contribution in [1.29, 1.82) is 0 Å². The van der Waals surface area contributed by atoms with Gasteiger partial charge in [0.25, 0.3) is 0 Å². The van der Waals surface area contributed by atoms with E-state index in [0.717, 1.165) is 23.0 Å². The van der Waals surface area contributed by atoms with E-state index in [1.165, 1.54) is 5.56 Å². The Balaban J connectivity index is 0.00000300. The van der Waals surface area contributed by atoms with E-state index in [2.05, 4.69) is 44.5 Å². The van der Waals surface area contributed by atoms with Gasteiger partial charge in [-0.2, -0.15) is 0 Å². The number of guanidine groups is 1. The minimum atomic E-state index is 0. The minimum absolute atomic E-state index is 0. The van der Waals surface area contributed by atoms with Crippen LogP contribution in [0.4, 0.5) is 0 Å². The lowest BCUT2D eigenvalue weighted by Gasteiger charge is -2.21. The third kappa shape index (κ3) is 7.17. The molecule has 1 heterocycles. The fraction of sp³-hybridized carbons (Fsp3) is 0.273. The number of aromatic amines is 1. The Hall–Kier alpha value is -2.39. The Labute approximate surface area is 189 Å². The molecule has 0 atom stereocenters. The summed E-state index contributed by atoms with van der Waals surface area (Å²) in [5, 5.41) is 3.32. The molecule has 6 nitrogen and oxygen atoms in total. The van der Waals surface area contributed by atoms with Gasteiger partial charge in [-0.1, -0.05) is 60.7 Å². The first-order valence-corrected chi connectivity index (χ1v) is 9.39. The Kier molecular flexibility index (Phi) is 9.66. The number of rotatable bonds is 8. The first kappa shape index (κ1) is 22.9. The van der Waals surface area contributed by atoms with E-state index in [9.17, 15) is 0 Å². The molecule has 0 aliphatic rings. The second kappa shape index (κ2) is 12.2. The van der Waals surface area contributed by atoms with Gasteiger partial charge >= 0.3 is 0 Å². The second-order valence-corrected chi connectivity index (χ2v) is 6.48. The molecule has 0 amide bonds. The van der Waals surface area contributed by atoms with Crippen molar-refractivity contribution in [3.8, 4) is 11.3 Å². The van der Waals surface area contributed by atoms with Gasteiger partial charge in [0.2, 0.25) is 0 Å². The van der Waals surface area contributed by atoms with Gasteiger partial charge in [-0.05, 0) is 11.1 Å². The normalized spacial score (nSPS) is 11.0. The van der Waals surface area contributed by atoms with E-state index in [1.54, 1.807) is 7.05 Å². The van der Waals surface area contributed by atoms with Crippen molar-refractivity contribution in [2.45, 2.75) is 13.2 Å². The quantitative estimate of drug-likeness (QED) is 0.211. The number of H-pyrrole nitrogens is 1. The van der Waals surface area contributed by atoms with Crippen LogP contribution >= 0.6 is 24.0 Å². The maximum Gasteiger partial charge on any atom is 0.193 e. The van der Waals surface area contributed by atoms with Crippen LogP contribution in [0.3, 0.4) is 0 Å². The first-order valence-electron chi connectivity index (χ1n) is 9.39. The lowest BCUT2D eigenvalue weighted by Crippen LogP contribution is -2.40. The molecule has 0 saturated heterocycles. The van der Waals surface area contributed by atoms with Crippen LogP contribution in [0.1, 0.15) is 11.4 Å². The van der Waals surface area contributed by atoms with Crippen LogP contribution in [-0.4, -0.2) is 48.1 Å². The second-order valence-electron chi connectivity index (χ2n) is 6.48. The molecule has 1 aromatic heterocycles. The molecule has 0 aliphatic heterocycles. The summed E-state index contributed by atoms with van der Waals surface area (Å²) in [5.41, 5.74) is 3.32. The number of hydrogen-bond donors (Lipinski definition) is 2. The average molecular weight is 505 g/mol. The zero-order valence-electron chi connectivity index (χ0n) is 16.8. The average Bonchev–Trinajstić information content (AvgIpc) is 3.20. The number of ether oxygens (including phenoxy) is 1. The van der Waals surface area contributed by atoms with Gasteiger partial charge < -0.3 is 19.9 Å². The summed E-state index contributed by atoms with van der Waals surface area (Å²) in [7, 11) is 3.77. The highest BCUT2D eigenvalue weighted by molar-refractivity contribution is 14.0. The number of benzene rings is 2. The zero-order valence-corrected chi connectivity index (χ0v) is 19.2. The summed E-state index contributed by atoms with van der Waals surface area (Å²) in [5.74, 6) is 1.70. The lowest BCUT2D eigenvalue weighted by atomic mass is 10.2. The van der Waals surface area contributed by atoms with Gasteiger partial charge in [0.1, 0.15) is 5.82 Å². The van der Waals surface area contributed by atoms with Crippen molar-refractivity contribution < 1.29 is 4.74 Å². The molecular weight excluding hydrogens is 477 g/mol. The molecule has 0 unspecified atom stereocenters. The summed E-state index contributed by atoms with van der Waals surface area (Å²) in [6.07, 6.45) is 1.87. The zero-order chi connectivity index (χ0) is 19.6. The number of imidazole rings is 1. The van der Waals surface area contributed by atoms with E-state index < -0.39 is 0 Å². The maximum absolute atomic E-state index is 5.71. The van der Waals surface area contributed by atoms with Crippen LogP contribution in [0.25, 0.3) is 11.3 Å². The van der Waals surface area contributed by atoms with Crippen molar-refractivity contribution in [3.63, 3.8) is 0 Å². The number of nitrogens with zero attached hydrogens (tertiary/aromatic N) is 3. The predicted octanol–water partition coefficient (Wildman–Crippen LogP) is 3.92. The third-order valence-electron chi connectivity index (χ3n) is 4.31. The van der Waals surface area contributed by atoms with E-state index in [0.29, 0.717) is 26.3 Å². The largest absolute Gasteiger partial charge is 0.375 e. The lowest BCUT2D eigenvalue weighted by molar-refractivity contribution is 0.125. The molecule has 0 aliphatic carbocycles. The fourth-order valence-electron chi connectivity index (χ4n) is 2.89. The molecule has 3 rings (SSSR count). The number of halogens is 1. The summed E-state index contributed by atoms with van der Waals surface area (Å²) in [6, 6.07) is 20.4. The van der Waals surface area contributed by atoms with Gasteiger partial charge in [-0.15, -0.1) is 24.0 Å². The monoisotopic (exact) mass is 505 g/mol. The molecule has 3 aromatic rings. The molecule has 0 bridgehead atoms. The highest BCUT2D eigenvalue weighted by Crippen LogP contribution is 2.16. The fourth-order valence-corrected chi connectivity index (χ4v) is 2.89. The molecule has 0 spiro atoms. The molecule has 29 heavy (non-hydrogen) atoms. The number of aliphatic imine (C=N–C) groups is 1. The van der Waals surface area contributed by atoms with E-state index in [-0.39, 0.29) is 24.0 Å². The molecule has 7 heteroatoms. The minimum Gasteiger partial charge on any atom is -0.375 e. The number of nitrogens with one attached hydrogen (secondary N) is 2. The Morgan fingerprint density at radius 2 is 1.79 bits per heavy atom. The van der Waals surface area contributed by atoms with Gasteiger partial charge in [-0.3, -0.25) is 4.99 Å². The van der Waals surface area contributed by atoms with Crippen LogP contribution in [0.5, 0.6) is 0 Å². The molecular formula is C22H28IN5O. The summed E-state index contributed by atoms with van der Waals surface area (Å²) < 4.78 is 5.71. The topological polar surface area (TPSA) is 65.5 Å². The molecule has 154 valence electrons. The molecule has 0 radical (unpaired) electrons.